The average molecular weight is 359 g/mol. The van der Waals surface area contributed by atoms with Crippen LogP contribution in [0.4, 0.5) is 0 Å². The van der Waals surface area contributed by atoms with Crippen molar-refractivity contribution in [2.45, 2.75) is 130 Å². The molecule has 0 aliphatic carbocycles. The molecule has 0 aromatic heterocycles. The number of unbranched alkanes of at least 4 members (excludes halogenated alkanes) is 11. The molecule has 0 radical (unpaired) electrons. The molecule has 0 heteroatoms. The van der Waals surface area contributed by atoms with Gasteiger partial charge in [0.15, 0.2) is 0 Å². The first kappa shape index (κ1) is 23.3. The molecule has 150 valence electrons. The summed E-state index contributed by atoms with van der Waals surface area (Å²) in [7, 11) is 0. The van der Waals surface area contributed by atoms with Crippen LogP contribution in [0.2, 0.25) is 0 Å². The highest BCUT2D eigenvalue weighted by atomic mass is 14.1. The summed E-state index contributed by atoms with van der Waals surface area (Å²) in [5, 5.41) is 0. The molecule has 0 saturated heterocycles. The number of rotatable bonds is 17. The van der Waals surface area contributed by atoms with Gasteiger partial charge in [-0.05, 0) is 48.8 Å². The number of hydrogen-bond acceptors (Lipinski definition) is 0. The SMILES string of the molecule is CCCCCCCCCCCCc1cccc(CCC)c1CCCCC. The second-order valence-corrected chi connectivity index (χ2v) is 8.19. The maximum absolute atomic E-state index is 2.41. The van der Waals surface area contributed by atoms with E-state index >= 15 is 0 Å². The lowest BCUT2D eigenvalue weighted by Crippen LogP contribution is -2.01. The van der Waals surface area contributed by atoms with Crippen LogP contribution in [0.3, 0.4) is 0 Å². The van der Waals surface area contributed by atoms with E-state index in [9.17, 15) is 0 Å². The fourth-order valence-corrected chi connectivity index (χ4v) is 4.10. The lowest BCUT2D eigenvalue weighted by atomic mass is 9.91. The molecule has 0 fully saturated rings. The van der Waals surface area contributed by atoms with E-state index in [1.807, 2.05) is 0 Å². The van der Waals surface area contributed by atoms with Crippen LogP contribution in [0.25, 0.3) is 0 Å². The van der Waals surface area contributed by atoms with E-state index in [2.05, 4.69) is 39.0 Å². The molecule has 1 rings (SSSR count). The van der Waals surface area contributed by atoms with Crippen LogP contribution >= 0.6 is 0 Å². The van der Waals surface area contributed by atoms with Crippen molar-refractivity contribution in [2.75, 3.05) is 0 Å². The van der Waals surface area contributed by atoms with Gasteiger partial charge in [-0.15, -0.1) is 0 Å². The van der Waals surface area contributed by atoms with E-state index in [0.717, 1.165) is 0 Å². The maximum atomic E-state index is 2.41. The second kappa shape index (κ2) is 16.4. The van der Waals surface area contributed by atoms with Crippen LogP contribution in [0.5, 0.6) is 0 Å². The molecule has 0 bridgehead atoms. The van der Waals surface area contributed by atoms with Crippen LogP contribution < -0.4 is 0 Å². The third-order valence-electron chi connectivity index (χ3n) is 5.72. The van der Waals surface area contributed by atoms with Gasteiger partial charge in [-0.3, -0.25) is 0 Å². The Morgan fingerprint density at radius 3 is 1.50 bits per heavy atom. The van der Waals surface area contributed by atoms with Gasteiger partial charge in [0.25, 0.3) is 0 Å². The maximum Gasteiger partial charge on any atom is -0.0273 e. The molecule has 0 amide bonds. The van der Waals surface area contributed by atoms with Crippen LogP contribution in [0, 0.1) is 0 Å². The lowest BCUT2D eigenvalue weighted by Gasteiger charge is -2.15. The first-order valence-electron chi connectivity index (χ1n) is 11.9. The number of benzene rings is 1. The molecule has 1 aromatic carbocycles. The zero-order valence-electron chi connectivity index (χ0n) is 18.3. The largest absolute Gasteiger partial charge is 0.0654 e. The highest BCUT2D eigenvalue weighted by molar-refractivity contribution is 5.36. The Morgan fingerprint density at radius 1 is 0.462 bits per heavy atom. The molecule has 0 N–H and O–H groups in total. The van der Waals surface area contributed by atoms with Gasteiger partial charge in [-0.25, -0.2) is 0 Å². The third kappa shape index (κ3) is 10.4. The van der Waals surface area contributed by atoms with Crippen molar-refractivity contribution in [1.82, 2.24) is 0 Å². The Kier molecular flexibility index (Phi) is 14.7. The summed E-state index contributed by atoms with van der Waals surface area (Å²) in [5.41, 5.74) is 5.00. The zero-order valence-corrected chi connectivity index (χ0v) is 18.3. The fourth-order valence-electron chi connectivity index (χ4n) is 4.10. The van der Waals surface area contributed by atoms with Gasteiger partial charge in [0, 0.05) is 0 Å². The predicted octanol–water partition coefficient (Wildman–Crippen LogP) is 8.84. The molecule has 0 atom stereocenters. The summed E-state index contributed by atoms with van der Waals surface area (Å²) in [6.45, 7) is 6.92. The summed E-state index contributed by atoms with van der Waals surface area (Å²) in [6.07, 6.45) is 23.5. The molecular formula is C26H46. The minimum atomic E-state index is 1.26. The Bertz CT molecular complexity index is 432. The van der Waals surface area contributed by atoms with Gasteiger partial charge < -0.3 is 0 Å². The normalized spacial score (nSPS) is 11.2. The van der Waals surface area contributed by atoms with Crippen molar-refractivity contribution in [1.29, 1.82) is 0 Å². The Labute approximate surface area is 165 Å². The summed E-state index contributed by atoms with van der Waals surface area (Å²) in [4.78, 5) is 0. The number of aryl methyl sites for hydroxylation is 2. The van der Waals surface area contributed by atoms with E-state index < -0.39 is 0 Å². The fraction of sp³-hybridized carbons (Fsp3) is 0.769. The Hall–Kier alpha value is -0.780. The standard InChI is InChI=1S/C26H46/c1-4-7-9-10-11-12-13-14-15-17-20-25-22-18-21-24(19-6-3)26(25)23-16-8-5-2/h18,21-22H,4-17,19-20,23H2,1-3H3. The van der Waals surface area contributed by atoms with Gasteiger partial charge in [0.1, 0.15) is 0 Å². The van der Waals surface area contributed by atoms with Crippen molar-refractivity contribution in [3.8, 4) is 0 Å². The summed E-state index contributed by atoms with van der Waals surface area (Å²) in [5.74, 6) is 0. The molecule has 1 aromatic rings. The summed E-state index contributed by atoms with van der Waals surface area (Å²) in [6, 6.07) is 7.10. The highest BCUT2D eigenvalue weighted by Gasteiger charge is 2.08. The van der Waals surface area contributed by atoms with Crippen LogP contribution in [-0.2, 0) is 19.3 Å². The van der Waals surface area contributed by atoms with E-state index in [-0.39, 0.29) is 0 Å². The minimum absolute atomic E-state index is 1.26. The monoisotopic (exact) mass is 358 g/mol. The van der Waals surface area contributed by atoms with Crippen molar-refractivity contribution in [2.24, 2.45) is 0 Å². The Morgan fingerprint density at radius 2 is 0.923 bits per heavy atom. The van der Waals surface area contributed by atoms with Gasteiger partial charge in [0.2, 0.25) is 0 Å². The van der Waals surface area contributed by atoms with Gasteiger partial charge in [-0.2, -0.15) is 0 Å². The number of hydrogen-bond donors (Lipinski definition) is 0. The summed E-state index contributed by atoms with van der Waals surface area (Å²) < 4.78 is 0. The topological polar surface area (TPSA) is 0 Å². The van der Waals surface area contributed by atoms with Crippen LogP contribution in [0.15, 0.2) is 18.2 Å². The molecule has 0 heterocycles. The first-order valence-corrected chi connectivity index (χ1v) is 11.9. The summed E-state index contributed by atoms with van der Waals surface area (Å²) >= 11 is 0. The van der Waals surface area contributed by atoms with E-state index in [1.165, 1.54) is 109 Å². The van der Waals surface area contributed by atoms with E-state index in [1.54, 1.807) is 16.7 Å². The highest BCUT2D eigenvalue weighted by Crippen LogP contribution is 2.22. The molecule has 0 spiro atoms. The van der Waals surface area contributed by atoms with Crippen LogP contribution in [-0.4, -0.2) is 0 Å². The molecular weight excluding hydrogens is 312 g/mol. The quantitative estimate of drug-likeness (QED) is 0.244. The molecule has 0 aliphatic rings. The molecule has 26 heavy (non-hydrogen) atoms. The predicted molar refractivity (Wildman–Crippen MR) is 119 cm³/mol. The van der Waals surface area contributed by atoms with Gasteiger partial charge >= 0.3 is 0 Å². The second-order valence-electron chi connectivity index (χ2n) is 8.19. The van der Waals surface area contributed by atoms with Gasteiger partial charge in [-0.1, -0.05) is 116 Å². The zero-order chi connectivity index (χ0) is 18.9. The average Bonchev–Trinajstić information content (AvgIpc) is 2.65. The molecule has 0 unspecified atom stereocenters. The van der Waals surface area contributed by atoms with Crippen LogP contribution in [0.1, 0.15) is 127 Å². The minimum Gasteiger partial charge on any atom is -0.0654 e. The van der Waals surface area contributed by atoms with Crippen molar-refractivity contribution >= 4 is 0 Å². The molecule has 0 nitrogen and oxygen atoms in total. The Balaban J connectivity index is 2.31. The molecule has 0 aliphatic heterocycles. The van der Waals surface area contributed by atoms with Gasteiger partial charge in [0.05, 0.1) is 0 Å². The van der Waals surface area contributed by atoms with Crippen molar-refractivity contribution in [3.05, 3.63) is 34.9 Å². The van der Waals surface area contributed by atoms with E-state index in [0.29, 0.717) is 0 Å². The lowest BCUT2D eigenvalue weighted by molar-refractivity contribution is 0.556. The molecule has 0 saturated carbocycles. The first-order chi connectivity index (χ1) is 12.8. The van der Waals surface area contributed by atoms with E-state index in [4.69, 9.17) is 0 Å². The smallest absolute Gasteiger partial charge is 0.0273 e. The van der Waals surface area contributed by atoms with Crippen molar-refractivity contribution < 1.29 is 0 Å². The third-order valence-corrected chi connectivity index (χ3v) is 5.72. The van der Waals surface area contributed by atoms with Crippen molar-refractivity contribution in [3.63, 3.8) is 0 Å².